The van der Waals surface area contributed by atoms with Gasteiger partial charge in [-0.3, -0.25) is 19.4 Å². The summed E-state index contributed by atoms with van der Waals surface area (Å²) in [5.41, 5.74) is -0.101. The van der Waals surface area contributed by atoms with Gasteiger partial charge in [0.1, 0.15) is 5.82 Å². The SMILES string of the molecule is CCNC(=O)[C@H]1CC(=O)Nc2nc(N3CCCC[C@H]3CC)[nH]c(=O)c21. The fourth-order valence-corrected chi connectivity index (χ4v) is 3.72. The van der Waals surface area contributed by atoms with Gasteiger partial charge >= 0.3 is 0 Å². The average Bonchev–Trinajstić information content (AvgIpc) is 2.60. The summed E-state index contributed by atoms with van der Waals surface area (Å²) in [4.78, 5) is 46.4. The van der Waals surface area contributed by atoms with E-state index in [0.29, 0.717) is 18.5 Å². The number of aromatic nitrogens is 2. The molecule has 0 aromatic carbocycles. The van der Waals surface area contributed by atoms with E-state index in [1.165, 1.54) is 6.42 Å². The van der Waals surface area contributed by atoms with E-state index in [1.54, 1.807) is 6.92 Å². The predicted octanol–water partition coefficient (Wildman–Crippen LogP) is 1.10. The first-order chi connectivity index (χ1) is 12.0. The summed E-state index contributed by atoms with van der Waals surface area (Å²) >= 11 is 0. The number of fused-ring (bicyclic) bond motifs is 1. The van der Waals surface area contributed by atoms with Gasteiger partial charge < -0.3 is 15.5 Å². The molecule has 0 bridgehead atoms. The van der Waals surface area contributed by atoms with Crippen LogP contribution in [0.4, 0.5) is 11.8 Å². The number of anilines is 2. The minimum absolute atomic E-state index is 0.0375. The molecule has 0 aliphatic carbocycles. The van der Waals surface area contributed by atoms with Gasteiger partial charge in [-0.05, 0) is 32.6 Å². The highest BCUT2D eigenvalue weighted by Crippen LogP contribution is 2.30. The first-order valence-corrected chi connectivity index (χ1v) is 9.03. The standard InChI is InChI=1S/C17H25N5O3/c1-3-10-7-5-6-8-22(10)17-20-14-13(16(25)21-17)11(9-12(23)19-14)15(24)18-4-2/h10-11H,3-9H2,1-2H3,(H,18,24)(H2,19,20,21,23,25)/t10-,11+/m1/s1. The van der Waals surface area contributed by atoms with E-state index in [2.05, 4.69) is 32.4 Å². The quantitative estimate of drug-likeness (QED) is 0.756. The van der Waals surface area contributed by atoms with Crippen LogP contribution in [-0.2, 0) is 9.59 Å². The summed E-state index contributed by atoms with van der Waals surface area (Å²) in [7, 11) is 0. The highest BCUT2D eigenvalue weighted by atomic mass is 16.2. The van der Waals surface area contributed by atoms with Gasteiger partial charge in [0.25, 0.3) is 5.56 Å². The molecule has 1 fully saturated rings. The van der Waals surface area contributed by atoms with Crippen LogP contribution in [0.3, 0.4) is 0 Å². The van der Waals surface area contributed by atoms with Crippen LogP contribution in [0.1, 0.15) is 57.4 Å². The van der Waals surface area contributed by atoms with Crippen molar-refractivity contribution in [3.8, 4) is 0 Å². The van der Waals surface area contributed by atoms with Gasteiger partial charge in [-0.2, -0.15) is 4.98 Å². The van der Waals surface area contributed by atoms with Crippen molar-refractivity contribution in [1.29, 1.82) is 0 Å². The molecule has 1 saturated heterocycles. The number of amides is 2. The van der Waals surface area contributed by atoms with Gasteiger partial charge in [0.05, 0.1) is 11.5 Å². The van der Waals surface area contributed by atoms with E-state index in [-0.39, 0.29) is 35.2 Å². The lowest BCUT2D eigenvalue weighted by Crippen LogP contribution is -2.43. The third-order valence-corrected chi connectivity index (χ3v) is 4.98. The van der Waals surface area contributed by atoms with Gasteiger partial charge in [-0.1, -0.05) is 6.92 Å². The summed E-state index contributed by atoms with van der Waals surface area (Å²) < 4.78 is 0. The third kappa shape index (κ3) is 3.38. The molecule has 0 radical (unpaired) electrons. The molecule has 0 unspecified atom stereocenters. The van der Waals surface area contributed by atoms with Crippen molar-refractivity contribution in [3.63, 3.8) is 0 Å². The number of aromatic amines is 1. The minimum atomic E-state index is -0.794. The molecular weight excluding hydrogens is 322 g/mol. The number of likely N-dealkylation sites (N-methyl/N-ethyl adjacent to an activating group) is 1. The molecule has 2 amide bonds. The maximum absolute atomic E-state index is 12.7. The van der Waals surface area contributed by atoms with Gasteiger partial charge in [-0.15, -0.1) is 0 Å². The summed E-state index contributed by atoms with van der Waals surface area (Å²) in [6.45, 7) is 5.19. The van der Waals surface area contributed by atoms with Crippen LogP contribution in [0.5, 0.6) is 0 Å². The highest BCUT2D eigenvalue weighted by Gasteiger charge is 2.35. The number of piperidine rings is 1. The molecule has 25 heavy (non-hydrogen) atoms. The zero-order chi connectivity index (χ0) is 18.0. The number of nitrogens with one attached hydrogen (secondary N) is 3. The topological polar surface area (TPSA) is 107 Å². The smallest absolute Gasteiger partial charge is 0.258 e. The van der Waals surface area contributed by atoms with E-state index < -0.39 is 5.92 Å². The summed E-state index contributed by atoms with van der Waals surface area (Å²) in [6.07, 6.45) is 4.20. The molecule has 2 aliphatic rings. The van der Waals surface area contributed by atoms with Crippen molar-refractivity contribution in [2.24, 2.45) is 0 Å². The molecule has 2 atom stereocenters. The predicted molar refractivity (Wildman–Crippen MR) is 94.8 cm³/mol. The summed E-state index contributed by atoms with van der Waals surface area (Å²) in [5, 5.41) is 5.35. The molecule has 0 spiro atoms. The summed E-state index contributed by atoms with van der Waals surface area (Å²) in [5.74, 6) is -0.710. The Balaban J connectivity index is 2.00. The minimum Gasteiger partial charge on any atom is -0.356 e. The fourth-order valence-electron chi connectivity index (χ4n) is 3.72. The molecule has 8 nitrogen and oxygen atoms in total. The van der Waals surface area contributed by atoms with Gasteiger partial charge in [0.2, 0.25) is 17.8 Å². The Morgan fingerprint density at radius 2 is 2.12 bits per heavy atom. The van der Waals surface area contributed by atoms with E-state index in [9.17, 15) is 14.4 Å². The number of hydrogen-bond acceptors (Lipinski definition) is 5. The normalized spacial score (nSPS) is 23.0. The lowest BCUT2D eigenvalue weighted by molar-refractivity contribution is -0.126. The third-order valence-electron chi connectivity index (χ3n) is 4.98. The molecule has 3 N–H and O–H groups in total. The van der Waals surface area contributed by atoms with E-state index in [0.717, 1.165) is 25.8 Å². The molecule has 3 rings (SSSR count). The monoisotopic (exact) mass is 347 g/mol. The zero-order valence-corrected chi connectivity index (χ0v) is 14.7. The Labute approximate surface area is 146 Å². The number of rotatable bonds is 4. The lowest BCUT2D eigenvalue weighted by atomic mass is 9.92. The molecule has 8 heteroatoms. The number of H-pyrrole nitrogens is 1. The molecule has 1 aromatic rings. The molecule has 0 saturated carbocycles. The second kappa shape index (κ2) is 7.25. The molecular formula is C17H25N5O3. The number of carbonyl (C=O) groups excluding carboxylic acids is 2. The van der Waals surface area contributed by atoms with Gasteiger partial charge in [0, 0.05) is 25.6 Å². The maximum atomic E-state index is 12.7. The van der Waals surface area contributed by atoms with Crippen molar-refractivity contribution in [1.82, 2.24) is 15.3 Å². The van der Waals surface area contributed by atoms with Crippen LogP contribution < -0.4 is 21.1 Å². The second-order valence-electron chi connectivity index (χ2n) is 6.60. The van der Waals surface area contributed by atoms with E-state index in [4.69, 9.17) is 0 Å². The summed E-state index contributed by atoms with van der Waals surface area (Å²) in [6, 6.07) is 0.327. The number of hydrogen-bond donors (Lipinski definition) is 3. The van der Waals surface area contributed by atoms with Gasteiger partial charge in [0.15, 0.2) is 0 Å². The Morgan fingerprint density at radius 3 is 2.84 bits per heavy atom. The van der Waals surface area contributed by atoms with Crippen molar-refractivity contribution >= 4 is 23.6 Å². The van der Waals surface area contributed by atoms with Crippen LogP contribution in [-0.4, -0.2) is 40.9 Å². The van der Waals surface area contributed by atoms with Crippen molar-refractivity contribution < 1.29 is 9.59 Å². The lowest BCUT2D eigenvalue weighted by Gasteiger charge is -2.36. The maximum Gasteiger partial charge on any atom is 0.258 e. The zero-order valence-electron chi connectivity index (χ0n) is 14.7. The highest BCUT2D eigenvalue weighted by molar-refractivity contribution is 6.00. The fraction of sp³-hybridized carbons (Fsp3) is 0.647. The molecule has 2 aliphatic heterocycles. The first kappa shape index (κ1) is 17.4. The first-order valence-electron chi connectivity index (χ1n) is 9.03. The number of nitrogens with zero attached hydrogens (tertiary/aromatic N) is 2. The van der Waals surface area contributed by atoms with E-state index >= 15 is 0 Å². The van der Waals surface area contributed by atoms with Crippen molar-refractivity contribution in [2.75, 3.05) is 23.3 Å². The van der Waals surface area contributed by atoms with Crippen LogP contribution >= 0.6 is 0 Å². The Hall–Kier alpha value is -2.38. The van der Waals surface area contributed by atoms with Gasteiger partial charge in [-0.25, -0.2) is 0 Å². The Morgan fingerprint density at radius 1 is 1.32 bits per heavy atom. The molecule has 1 aromatic heterocycles. The molecule has 3 heterocycles. The Bertz CT molecular complexity index is 729. The Kier molecular flexibility index (Phi) is 5.06. The van der Waals surface area contributed by atoms with Crippen molar-refractivity contribution in [3.05, 3.63) is 15.9 Å². The van der Waals surface area contributed by atoms with Crippen LogP contribution in [0.2, 0.25) is 0 Å². The van der Waals surface area contributed by atoms with Crippen LogP contribution in [0.25, 0.3) is 0 Å². The van der Waals surface area contributed by atoms with E-state index in [1.807, 2.05) is 0 Å². The average molecular weight is 347 g/mol. The number of carbonyl (C=O) groups is 2. The van der Waals surface area contributed by atoms with Crippen LogP contribution in [0.15, 0.2) is 4.79 Å². The second-order valence-corrected chi connectivity index (χ2v) is 6.60. The van der Waals surface area contributed by atoms with Crippen molar-refractivity contribution in [2.45, 2.75) is 57.9 Å². The van der Waals surface area contributed by atoms with Crippen LogP contribution in [0, 0.1) is 0 Å². The largest absolute Gasteiger partial charge is 0.356 e. The molecule has 136 valence electrons.